The highest BCUT2D eigenvalue weighted by Gasteiger charge is 2.52. The van der Waals surface area contributed by atoms with Gasteiger partial charge in [-0.3, -0.25) is 4.79 Å². The fourth-order valence-corrected chi connectivity index (χ4v) is 5.02. The molecule has 6 rings (SSSR count). The Hall–Kier alpha value is -5.82. The molecule has 234 valence electrons. The van der Waals surface area contributed by atoms with Gasteiger partial charge in [-0.2, -0.15) is 0 Å². The summed E-state index contributed by atoms with van der Waals surface area (Å²) < 4.78 is 30.7. The van der Waals surface area contributed by atoms with Gasteiger partial charge in [0.2, 0.25) is 5.88 Å². The lowest BCUT2D eigenvalue weighted by Crippen LogP contribution is -2.41. The lowest BCUT2D eigenvalue weighted by Gasteiger charge is -2.24. The smallest absolute Gasteiger partial charge is 0.338 e. The molecule has 0 amide bonds. The minimum Gasteiger partial charge on any atom is -0.476 e. The highest BCUT2D eigenvalue weighted by Crippen LogP contribution is 2.37. The maximum absolute atomic E-state index is 13.4. The van der Waals surface area contributed by atoms with E-state index in [1.807, 2.05) is 0 Å². The van der Waals surface area contributed by atoms with Crippen LogP contribution < -0.4 is 10.3 Å². The molecule has 1 N–H and O–H groups in total. The summed E-state index contributed by atoms with van der Waals surface area (Å²) in [5.74, 6) is -2.14. The van der Waals surface area contributed by atoms with Crippen molar-refractivity contribution in [2.24, 2.45) is 0 Å². The molecule has 2 aromatic heterocycles. The van der Waals surface area contributed by atoms with Crippen molar-refractivity contribution in [1.82, 2.24) is 19.7 Å². The molecule has 1 aliphatic heterocycles. The van der Waals surface area contributed by atoms with E-state index < -0.39 is 48.0 Å². The van der Waals surface area contributed by atoms with E-state index in [0.29, 0.717) is 5.56 Å². The van der Waals surface area contributed by atoms with Crippen molar-refractivity contribution in [2.45, 2.75) is 31.5 Å². The number of carbonyl (C=O) groups excluding carboxylic acids is 3. The number of H-pyrrole nitrogens is 1. The second-order valence-electron chi connectivity index (χ2n) is 10.1. The van der Waals surface area contributed by atoms with Gasteiger partial charge in [-0.05, 0) is 43.3 Å². The molecule has 0 saturated carbocycles. The topological polar surface area (TPSA) is 161 Å². The zero-order chi connectivity index (χ0) is 32.0. The average molecular weight is 625 g/mol. The molecule has 13 nitrogen and oxygen atoms in total. The molecule has 4 atom stereocenters. The second kappa shape index (κ2) is 13.4. The second-order valence-corrected chi connectivity index (χ2v) is 10.1. The van der Waals surface area contributed by atoms with Gasteiger partial charge in [0, 0.05) is 0 Å². The monoisotopic (exact) mass is 624 g/mol. The molecular weight excluding hydrogens is 596 g/mol. The van der Waals surface area contributed by atoms with Gasteiger partial charge in [0.25, 0.3) is 5.56 Å². The van der Waals surface area contributed by atoms with Crippen LogP contribution in [0.4, 0.5) is 0 Å². The Kier molecular flexibility index (Phi) is 8.83. The van der Waals surface area contributed by atoms with E-state index in [1.165, 1.54) is 11.0 Å². The van der Waals surface area contributed by atoms with Crippen molar-refractivity contribution in [2.75, 3.05) is 13.2 Å². The summed E-state index contributed by atoms with van der Waals surface area (Å²) in [7, 11) is 0. The number of aromatic nitrogens is 4. The van der Waals surface area contributed by atoms with E-state index in [0.717, 1.165) is 0 Å². The van der Waals surface area contributed by atoms with Gasteiger partial charge in [0.15, 0.2) is 24.1 Å². The third kappa shape index (κ3) is 6.21. The number of hydrogen-bond acceptors (Lipinski definition) is 11. The number of ether oxygens (including phenoxy) is 5. The maximum atomic E-state index is 13.4. The summed E-state index contributed by atoms with van der Waals surface area (Å²) >= 11 is 0. The van der Waals surface area contributed by atoms with Crippen LogP contribution in [0.25, 0.3) is 11.0 Å². The fourth-order valence-electron chi connectivity index (χ4n) is 5.02. The van der Waals surface area contributed by atoms with Crippen molar-refractivity contribution in [1.29, 1.82) is 0 Å². The van der Waals surface area contributed by atoms with Crippen LogP contribution in [0, 0.1) is 0 Å². The van der Waals surface area contributed by atoms with Crippen LogP contribution in [-0.4, -0.2) is 69.2 Å². The molecule has 0 radical (unpaired) electrons. The summed E-state index contributed by atoms with van der Waals surface area (Å²) in [6.45, 7) is 1.53. The molecule has 3 aromatic carbocycles. The van der Waals surface area contributed by atoms with E-state index in [2.05, 4.69) is 15.1 Å². The largest absolute Gasteiger partial charge is 0.476 e. The minimum absolute atomic E-state index is 0.0274. The maximum Gasteiger partial charge on any atom is 0.338 e. The Bertz CT molecular complexity index is 1890. The number of nitrogens with zero attached hydrogens (tertiary/aromatic N) is 3. The number of hydrogen-bond donors (Lipinski definition) is 1. The number of esters is 3. The molecule has 5 aromatic rings. The summed E-state index contributed by atoms with van der Waals surface area (Å²) in [5, 5.41) is 4.49. The number of nitrogens with one attached hydrogen (secondary N) is 1. The normalized spacial score (nSPS) is 19.0. The van der Waals surface area contributed by atoms with Gasteiger partial charge in [-0.1, -0.05) is 54.6 Å². The summed E-state index contributed by atoms with van der Waals surface area (Å²) in [5.41, 5.74) is 0.299. The fraction of sp³-hybridized carbons (Fsp3) is 0.212. The summed E-state index contributed by atoms with van der Waals surface area (Å²) in [6.07, 6.45) is -3.90. The number of rotatable bonds is 10. The van der Waals surface area contributed by atoms with Crippen molar-refractivity contribution < 1.29 is 38.1 Å². The van der Waals surface area contributed by atoms with Crippen molar-refractivity contribution in [3.63, 3.8) is 0 Å². The van der Waals surface area contributed by atoms with Crippen LogP contribution in [0.5, 0.6) is 5.88 Å². The van der Waals surface area contributed by atoms with E-state index >= 15 is 0 Å². The SMILES string of the molecule is CCOc1nn(C2OC(COC(=O)c3ccccc3)C(OC(=O)c3ccccc3)C2OC(=O)c2ccccc2)c2nc[nH]c(=O)c12. The van der Waals surface area contributed by atoms with Crippen LogP contribution in [0.2, 0.25) is 0 Å². The molecular formula is C33H28N4O9. The lowest BCUT2D eigenvalue weighted by molar-refractivity contribution is -0.0657. The Morgan fingerprint density at radius 3 is 1.91 bits per heavy atom. The Morgan fingerprint density at radius 2 is 1.35 bits per heavy atom. The lowest BCUT2D eigenvalue weighted by atomic mass is 10.1. The molecule has 0 spiro atoms. The first-order valence-electron chi connectivity index (χ1n) is 14.4. The van der Waals surface area contributed by atoms with Crippen molar-refractivity contribution >= 4 is 28.9 Å². The predicted octanol–water partition coefficient (Wildman–Crippen LogP) is 3.72. The van der Waals surface area contributed by atoms with Crippen LogP contribution in [0.3, 0.4) is 0 Å². The molecule has 0 aliphatic carbocycles. The van der Waals surface area contributed by atoms with Crippen LogP contribution in [-0.2, 0) is 18.9 Å². The standard InChI is InChI=1S/C33H28N4O9/c1-2-42-29-24-27(34-19-35-28(24)38)37(36-29)30-26(46-33(41)22-16-10-5-11-17-22)25(45-32(40)21-14-8-4-9-15-21)23(44-30)18-43-31(39)20-12-6-3-7-13-20/h3-17,19,23,25-26,30H,2,18H2,1H3,(H,34,35,38). The molecule has 4 unspecified atom stereocenters. The molecule has 1 fully saturated rings. The van der Waals surface area contributed by atoms with Crippen LogP contribution in [0.1, 0.15) is 44.2 Å². The van der Waals surface area contributed by atoms with Crippen LogP contribution >= 0.6 is 0 Å². The van der Waals surface area contributed by atoms with Gasteiger partial charge in [0.05, 0.1) is 29.6 Å². The van der Waals surface area contributed by atoms with Gasteiger partial charge in [-0.25, -0.2) is 24.0 Å². The summed E-state index contributed by atoms with van der Waals surface area (Å²) in [4.78, 5) is 59.3. The van der Waals surface area contributed by atoms with Gasteiger partial charge >= 0.3 is 17.9 Å². The van der Waals surface area contributed by atoms with Crippen LogP contribution in [0.15, 0.2) is 102 Å². The average Bonchev–Trinajstić information content (AvgIpc) is 3.62. The minimum atomic E-state index is -1.35. The Morgan fingerprint density at radius 1 is 0.804 bits per heavy atom. The Balaban J connectivity index is 1.41. The first-order valence-corrected chi connectivity index (χ1v) is 14.4. The highest BCUT2D eigenvalue weighted by atomic mass is 16.7. The number of carbonyl (C=O) groups is 3. The summed E-state index contributed by atoms with van der Waals surface area (Å²) in [6, 6.07) is 24.8. The van der Waals surface area contributed by atoms with E-state index in [4.69, 9.17) is 23.7 Å². The number of fused-ring (bicyclic) bond motifs is 1. The third-order valence-electron chi connectivity index (χ3n) is 7.16. The molecule has 46 heavy (non-hydrogen) atoms. The predicted molar refractivity (Wildman–Crippen MR) is 161 cm³/mol. The van der Waals surface area contributed by atoms with Crippen molar-refractivity contribution in [3.8, 4) is 5.88 Å². The first-order chi connectivity index (χ1) is 22.4. The van der Waals surface area contributed by atoms with E-state index in [9.17, 15) is 19.2 Å². The van der Waals surface area contributed by atoms with Gasteiger partial charge in [0.1, 0.15) is 18.1 Å². The molecule has 1 saturated heterocycles. The molecule has 13 heteroatoms. The third-order valence-corrected chi connectivity index (χ3v) is 7.16. The zero-order valence-electron chi connectivity index (χ0n) is 24.5. The Labute approximate surface area is 261 Å². The first kappa shape index (κ1) is 30.2. The number of aromatic amines is 1. The number of benzene rings is 3. The molecule has 1 aliphatic rings. The van der Waals surface area contributed by atoms with Gasteiger partial charge < -0.3 is 28.7 Å². The van der Waals surface area contributed by atoms with Gasteiger partial charge in [-0.15, -0.1) is 5.10 Å². The quantitative estimate of drug-likeness (QED) is 0.178. The van der Waals surface area contributed by atoms with E-state index in [1.54, 1.807) is 97.9 Å². The van der Waals surface area contributed by atoms with E-state index in [-0.39, 0.29) is 41.3 Å². The molecule has 3 heterocycles. The molecule has 0 bridgehead atoms. The van der Waals surface area contributed by atoms with Crippen molar-refractivity contribution in [3.05, 3.63) is 124 Å². The zero-order valence-corrected chi connectivity index (χ0v) is 24.5. The highest BCUT2D eigenvalue weighted by molar-refractivity contribution is 5.91.